The average Bonchev–Trinajstić information content (AvgIpc) is 2.24. The largest absolute Gasteiger partial charge is 0.366 e. The van der Waals surface area contributed by atoms with Crippen LogP contribution in [0.4, 0.5) is 5.82 Å². The first-order chi connectivity index (χ1) is 5.75. The number of nitrogens with one attached hydrogen (secondary N) is 1. The standard InChI is InChI=1S/C9H15N3/c1-7-6-9(11-12(7)2)10-8-4-3-5-8/h6,8H,3-5H2,1-2H3,(H,10,11). The van der Waals surface area contributed by atoms with Gasteiger partial charge >= 0.3 is 0 Å². The zero-order valence-corrected chi connectivity index (χ0v) is 7.67. The van der Waals surface area contributed by atoms with E-state index in [0.717, 1.165) is 5.82 Å². The van der Waals surface area contributed by atoms with E-state index in [9.17, 15) is 0 Å². The molecule has 1 aliphatic rings. The zero-order valence-electron chi connectivity index (χ0n) is 7.67. The van der Waals surface area contributed by atoms with Crippen LogP contribution in [-0.4, -0.2) is 15.8 Å². The van der Waals surface area contributed by atoms with Crippen molar-refractivity contribution in [2.75, 3.05) is 5.32 Å². The van der Waals surface area contributed by atoms with E-state index in [-0.39, 0.29) is 0 Å². The Kier molecular flexibility index (Phi) is 1.79. The van der Waals surface area contributed by atoms with Gasteiger partial charge in [-0.05, 0) is 26.2 Å². The summed E-state index contributed by atoms with van der Waals surface area (Å²) < 4.78 is 1.90. The fraction of sp³-hybridized carbons (Fsp3) is 0.667. The van der Waals surface area contributed by atoms with Crippen LogP contribution in [0, 0.1) is 6.92 Å². The van der Waals surface area contributed by atoms with Gasteiger partial charge in [-0.2, -0.15) is 5.10 Å². The maximum Gasteiger partial charge on any atom is 0.148 e. The van der Waals surface area contributed by atoms with Crippen LogP contribution in [0.15, 0.2) is 6.07 Å². The van der Waals surface area contributed by atoms with Crippen molar-refractivity contribution in [2.45, 2.75) is 32.2 Å². The number of aromatic nitrogens is 2. The summed E-state index contributed by atoms with van der Waals surface area (Å²) in [5.41, 5.74) is 1.21. The second-order valence-electron chi connectivity index (χ2n) is 3.57. The molecule has 0 saturated heterocycles. The van der Waals surface area contributed by atoms with Gasteiger partial charge in [0, 0.05) is 24.8 Å². The van der Waals surface area contributed by atoms with E-state index >= 15 is 0 Å². The van der Waals surface area contributed by atoms with Crippen LogP contribution in [0.3, 0.4) is 0 Å². The zero-order chi connectivity index (χ0) is 8.55. The molecule has 0 spiro atoms. The molecule has 1 fully saturated rings. The number of nitrogens with zero attached hydrogens (tertiary/aromatic N) is 2. The molecule has 1 aliphatic carbocycles. The molecule has 0 radical (unpaired) electrons. The van der Waals surface area contributed by atoms with Crippen molar-refractivity contribution in [3.63, 3.8) is 0 Å². The van der Waals surface area contributed by atoms with E-state index in [1.807, 2.05) is 11.7 Å². The van der Waals surface area contributed by atoms with Gasteiger partial charge in [-0.25, -0.2) is 0 Å². The number of rotatable bonds is 2. The highest BCUT2D eigenvalue weighted by molar-refractivity contribution is 5.37. The fourth-order valence-corrected chi connectivity index (χ4v) is 1.39. The predicted molar refractivity (Wildman–Crippen MR) is 49.2 cm³/mol. The molecule has 0 atom stereocenters. The highest BCUT2D eigenvalue weighted by Gasteiger charge is 2.17. The minimum atomic E-state index is 0.680. The molecule has 3 nitrogen and oxygen atoms in total. The van der Waals surface area contributed by atoms with Crippen LogP contribution >= 0.6 is 0 Å². The summed E-state index contributed by atoms with van der Waals surface area (Å²) in [6.07, 6.45) is 3.97. The lowest BCUT2D eigenvalue weighted by atomic mass is 9.93. The third kappa shape index (κ3) is 1.31. The number of hydrogen-bond acceptors (Lipinski definition) is 2. The molecule has 0 aromatic carbocycles. The van der Waals surface area contributed by atoms with Crippen molar-refractivity contribution in [1.29, 1.82) is 0 Å². The van der Waals surface area contributed by atoms with Crippen LogP contribution in [0.5, 0.6) is 0 Å². The van der Waals surface area contributed by atoms with Gasteiger partial charge in [0.05, 0.1) is 0 Å². The molecule has 0 bridgehead atoms. The van der Waals surface area contributed by atoms with Crippen LogP contribution in [-0.2, 0) is 7.05 Å². The third-order valence-electron chi connectivity index (χ3n) is 2.57. The third-order valence-corrected chi connectivity index (χ3v) is 2.57. The second-order valence-corrected chi connectivity index (χ2v) is 3.57. The Morgan fingerprint density at radius 3 is 2.75 bits per heavy atom. The number of aryl methyl sites for hydroxylation is 2. The summed E-state index contributed by atoms with van der Waals surface area (Å²) in [5, 5.41) is 7.75. The van der Waals surface area contributed by atoms with Gasteiger partial charge in [-0.1, -0.05) is 0 Å². The van der Waals surface area contributed by atoms with E-state index in [1.54, 1.807) is 0 Å². The van der Waals surface area contributed by atoms with Crippen molar-refractivity contribution in [3.05, 3.63) is 11.8 Å². The van der Waals surface area contributed by atoms with Gasteiger partial charge in [0.1, 0.15) is 5.82 Å². The van der Waals surface area contributed by atoms with Crippen molar-refractivity contribution in [3.8, 4) is 0 Å². The second kappa shape index (κ2) is 2.81. The molecule has 0 amide bonds. The normalized spacial score (nSPS) is 17.5. The first kappa shape index (κ1) is 7.65. The monoisotopic (exact) mass is 165 g/mol. The van der Waals surface area contributed by atoms with Crippen molar-refractivity contribution in [2.24, 2.45) is 7.05 Å². The Hall–Kier alpha value is -0.990. The Morgan fingerprint density at radius 1 is 1.58 bits per heavy atom. The molecule has 1 heterocycles. The van der Waals surface area contributed by atoms with Gasteiger partial charge in [-0.15, -0.1) is 0 Å². The SMILES string of the molecule is Cc1cc(NC2CCC2)nn1C. The van der Waals surface area contributed by atoms with Crippen molar-refractivity contribution in [1.82, 2.24) is 9.78 Å². The summed E-state index contributed by atoms with van der Waals surface area (Å²) in [7, 11) is 1.97. The minimum Gasteiger partial charge on any atom is -0.366 e. The summed E-state index contributed by atoms with van der Waals surface area (Å²) in [5.74, 6) is 1.03. The van der Waals surface area contributed by atoms with Gasteiger partial charge < -0.3 is 5.32 Å². The lowest BCUT2D eigenvalue weighted by molar-refractivity contribution is 0.444. The van der Waals surface area contributed by atoms with Crippen LogP contribution in [0.25, 0.3) is 0 Å². The molecular weight excluding hydrogens is 150 g/mol. The van der Waals surface area contributed by atoms with E-state index < -0.39 is 0 Å². The van der Waals surface area contributed by atoms with E-state index in [4.69, 9.17) is 0 Å². The number of hydrogen-bond donors (Lipinski definition) is 1. The van der Waals surface area contributed by atoms with Gasteiger partial charge in [-0.3, -0.25) is 4.68 Å². The molecule has 0 unspecified atom stereocenters. The van der Waals surface area contributed by atoms with Crippen LogP contribution in [0.2, 0.25) is 0 Å². The molecule has 1 saturated carbocycles. The Balaban J connectivity index is 2.02. The van der Waals surface area contributed by atoms with Gasteiger partial charge in [0.25, 0.3) is 0 Å². The summed E-state index contributed by atoms with van der Waals surface area (Å²) >= 11 is 0. The lowest BCUT2D eigenvalue weighted by Gasteiger charge is -2.26. The highest BCUT2D eigenvalue weighted by atomic mass is 15.3. The number of anilines is 1. The van der Waals surface area contributed by atoms with Crippen LogP contribution in [0.1, 0.15) is 25.0 Å². The molecule has 3 heteroatoms. The smallest absolute Gasteiger partial charge is 0.148 e. The maximum atomic E-state index is 4.34. The minimum absolute atomic E-state index is 0.680. The molecule has 1 aromatic heterocycles. The topological polar surface area (TPSA) is 29.9 Å². The Labute approximate surface area is 72.8 Å². The van der Waals surface area contributed by atoms with Crippen molar-refractivity contribution >= 4 is 5.82 Å². The average molecular weight is 165 g/mol. The summed E-state index contributed by atoms with van der Waals surface area (Å²) in [6, 6.07) is 2.78. The van der Waals surface area contributed by atoms with Gasteiger partial charge in [0.15, 0.2) is 0 Å². The fourth-order valence-electron chi connectivity index (χ4n) is 1.39. The molecule has 1 N–H and O–H groups in total. The molecule has 0 aliphatic heterocycles. The van der Waals surface area contributed by atoms with Crippen molar-refractivity contribution < 1.29 is 0 Å². The molecule has 66 valence electrons. The lowest BCUT2D eigenvalue weighted by Crippen LogP contribution is -2.27. The van der Waals surface area contributed by atoms with Gasteiger partial charge in [0.2, 0.25) is 0 Å². The first-order valence-electron chi connectivity index (χ1n) is 4.53. The molecule has 1 aromatic rings. The molecule has 12 heavy (non-hydrogen) atoms. The Bertz CT molecular complexity index is 254. The first-order valence-corrected chi connectivity index (χ1v) is 4.53. The van der Waals surface area contributed by atoms with E-state index in [0.29, 0.717) is 6.04 Å². The van der Waals surface area contributed by atoms with E-state index in [2.05, 4.69) is 23.4 Å². The predicted octanol–water partition coefficient (Wildman–Crippen LogP) is 1.69. The summed E-state index contributed by atoms with van der Waals surface area (Å²) in [6.45, 7) is 2.07. The summed E-state index contributed by atoms with van der Waals surface area (Å²) in [4.78, 5) is 0. The Morgan fingerprint density at radius 2 is 2.33 bits per heavy atom. The quantitative estimate of drug-likeness (QED) is 0.722. The van der Waals surface area contributed by atoms with E-state index in [1.165, 1.54) is 25.0 Å². The molecule has 2 rings (SSSR count). The highest BCUT2D eigenvalue weighted by Crippen LogP contribution is 2.22. The molecular formula is C9H15N3. The maximum absolute atomic E-state index is 4.34. The van der Waals surface area contributed by atoms with Crippen LogP contribution < -0.4 is 5.32 Å².